The number of anilines is 1. The van der Waals surface area contributed by atoms with Crippen molar-refractivity contribution in [3.63, 3.8) is 0 Å². The molecule has 1 aliphatic rings. The predicted molar refractivity (Wildman–Crippen MR) is 64.1 cm³/mol. The molecule has 1 aliphatic carbocycles. The minimum absolute atomic E-state index is 0.112. The number of carbonyl (C=O) groups is 1. The molecule has 0 heterocycles. The highest BCUT2D eigenvalue weighted by molar-refractivity contribution is 9.10. The van der Waals surface area contributed by atoms with Crippen LogP contribution < -0.4 is 10.6 Å². The van der Waals surface area contributed by atoms with E-state index in [1.165, 1.54) is 0 Å². The summed E-state index contributed by atoms with van der Waals surface area (Å²) < 4.78 is 0.967. The smallest absolute Gasteiger partial charge is 0.319 e. The Morgan fingerprint density at radius 2 is 2.20 bits per heavy atom. The molecule has 4 heteroatoms. The Morgan fingerprint density at radius 1 is 1.47 bits per heavy atom. The van der Waals surface area contributed by atoms with Crippen molar-refractivity contribution in [2.24, 2.45) is 0 Å². The zero-order valence-electron chi connectivity index (χ0n) is 8.51. The summed E-state index contributed by atoms with van der Waals surface area (Å²) in [5.41, 5.74) is 1.91. The SMILES string of the molecule is Cc1ccc(Br)cc1NC(=O)NC1CC1. The van der Waals surface area contributed by atoms with E-state index in [0.717, 1.165) is 28.6 Å². The molecule has 15 heavy (non-hydrogen) atoms. The number of amides is 2. The van der Waals surface area contributed by atoms with Crippen molar-refractivity contribution < 1.29 is 4.79 Å². The van der Waals surface area contributed by atoms with E-state index in [4.69, 9.17) is 0 Å². The number of hydrogen-bond acceptors (Lipinski definition) is 1. The zero-order chi connectivity index (χ0) is 10.8. The first-order chi connectivity index (χ1) is 7.15. The molecule has 0 atom stereocenters. The molecule has 0 saturated heterocycles. The molecule has 0 unspecified atom stereocenters. The molecule has 0 spiro atoms. The Morgan fingerprint density at radius 3 is 2.87 bits per heavy atom. The van der Waals surface area contributed by atoms with Crippen molar-refractivity contribution in [1.82, 2.24) is 5.32 Å². The maximum Gasteiger partial charge on any atom is 0.319 e. The Kier molecular flexibility index (Phi) is 2.95. The van der Waals surface area contributed by atoms with Crippen LogP contribution in [0.4, 0.5) is 10.5 Å². The minimum Gasteiger partial charge on any atom is -0.335 e. The summed E-state index contributed by atoms with van der Waals surface area (Å²) >= 11 is 3.38. The van der Waals surface area contributed by atoms with Crippen LogP contribution in [0.2, 0.25) is 0 Å². The van der Waals surface area contributed by atoms with Crippen LogP contribution in [-0.4, -0.2) is 12.1 Å². The van der Waals surface area contributed by atoms with Gasteiger partial charge in [-0.05, 0) is 37.5 Å². The summed E-state index contributed by atoms with van der Waals surface area (Å²) in [6.07, 6.45) is 2.20. The summed E-state index contributed by atoms with van der Waals surface area (Å²) in [6, 6.07) is 6.11. The topological polar surface area (TPSA) is 41.1 Å². The molecule has 3 nitrogen and oxygen atoms in total. The number of urea groups is 1. The van der Waals surface area contributed by atoms with E-state index in [2.05, 4.69) is 26.6 Å². The number of rotatable bonds is 2. The lowest BCUT2D eigenvalue weighted by atomic mass is 10.2. The second-order valence-corrected chi connectivity index (χ2v) is 4.75. The van der Waals surface area contributed by atoms with Crippen molar-refractivity contribution in [2.45, 2.75) is 25.8 Å². The lowest BCUT2D eigenvalue weighted by Gasteiger charge is -2.09. The van der Waals surface area contributed by atoms with Crippen LogP contribution in [0.5, 0.6) is 0 Å². The molecule has 2 rings (SSSR count). The highest BCUT2D eigenvalue weighted by Gasteiger charge is 2.23. The molecule has 0 aromatic heterocycles. The molecule has 1 saturated carbocycles. The lowest BCUT2D eigenvalue weighted by molar-refractivity contribution is 0.251. The number of hydrogen-bond donors (Lipinski definition) is 2. The molecule has 0 aliphatic heterocycles. The van der Waals surface area contributed by atoms with Crippen molar-refractivity contribution in [2.75, 3.05) is 5.32 Å². The van der Waals surface area contributed by atoms with Gasteiger partial charge in [-0.25, -0.2) is 4.79 Å². The predicted octanol–water partition coefficient (Wildman–Crippen LogP) is 3.04. The minimum atomic E-state index is -0.112. The Balaban J connectivity index is 2.01. The van der Waals surface area contributed by atoms with Gasteiger partial charge in [-0.2, -0.15) is 0 Å². The quantitative estimate of drug-likeness (QED) is 0.851. The summed E-state index contributed by atoms with van der Waals surface area (Å²) in [7, 11) is 0. The van der Waals surface area contributed by atoms with Gasteiger partial charge in [0.05, 0.1) is 0 Å². The number of benzene rings is 1. The third-order valence-electron chi connectivity index (χ3n) is 2.36. The van der Waals surface area contributed by atoms with Gasteiger partial charge in [-0.3, -0.25) is 0 Å². The summed E-state index contributed by atoms with van der Waals surface area (Å²) in [5.74, 6) is 0. The van der Waals surface area contributed by atoms with Gasteiger partial charge >= 0.3 is 6.03 Å². The average Bonchev–Trinajstić information content (AvgIpc) is 2.95. The van der Waals surface area contributed by atoms with Crippen LogP contribution in [-0.2, 0) is 0 Å². The summed E-state index contributed by atoms with van der Waals surface area (Å²) in [4.78, 5) is 11.5. The van der Waals surface area contributed by atoms with Crippen molar-refractivity contribution in [3.8, 4) is 0 Å². The molecule has 1 aromatic rings. The van der Waals surface area contributed by atoms with Gasteiger partial charge in [0.1, 0.15) is 0 Å². The molecule has 1 fully saturated rings. The summed E-state index contributed by atoms with van der Waals surface area (Å²) in [6.45, 7) is 1.97. The van der Waals surface area contributed by atoms with Gasteiger partial charge in [0.2, 0.25) is 0 Å². The van der Waals surface area contributed by atoms with E-state index in [1.54, 1.807) is 0 Å². The molecule has 2 amide bonds. The van der Waals surface area contributed by atoms with Gasteiger partial charge in [-0.15, -0.1) is 0 Å². The molecule has 2 N–H and O–H groups in total. The average molecular weight is 269 g/mol. The fourth-order valence-electron chi connectivity index (χ4n) is 1.30. The number of nitrogens with one attached hydrogen (secondary N) is 2. The first-order valence-corrected chi connectivity index (χ1v) is 5.78. The van der Waals surface area contributed by atoms with Gasteiger partial charge in [0.25, 0.3) is 0 Å². The van der Waals surface area contributed by atoms with Crippen molar-refractivity contribution in [3.05, 3.63) is 28.2 Å². The van der Waals surface area contributed by atoms with Gasteiger partial charge in [0.15, 0.2) is 0 Å². The maximum atomic E-state index is 11.5. The molecular weight excluding hydrogens is 256 g/mol. The largest absolute Gasteiger partial charge is 0.335 e. The first-order valence-electron chi connectivity index (χ1n) is 4.99. The van der Waals surface area contributed by atoms with Crippen LogP contribution in [0.15, 0.2) is 22.7 Å². The monoisotopic (exact) mass is 268 g/mol. The number of carbonyl (C=O) groups excluding carboxylic acids is 1. The fourth-order valence-corrected chi connectivity index (χ4v) is 1.66. The highest BCUT2D eigenvalue weighted by Crippen LogP contribution is 2.22. The van der Waals surface area contributed by atoms with E-state index < -0.39 is 0 Å². The van der Waals surface area contributed by atoms with E-state index in [1.807, 2.05) is 25.1 Å². The molecule has 0 radical (unpaired) electrons. The van der Waals surface area contributed by atoms with E-state index in [9.17, 15) is 4.79 Å². The van der Waals surface area contributed by atoms with Gasteiger partial charge in [-0.1, -0.05) is 22.0 Å². The third kappa shape index (κ3) is 2.96. The standard InChI is InChI=1S/C11H13BrN2O/c1-7-2-3-8(12)6-10(7)14-11(15)13-9-4-5-9/h2-3,6,9H,4-5H2,1H3,(H2,13,14,15). The molecule has 1 aromatic carbocycles. The van der Waals surface area contributed by atoms with Crippen LogP contribution in [0.1, 0.15) is 18.4 Å². The zero-order valence-corrected chi connectivity index (χ0v) is 10.1. The van der Waals surface area contributed by atoms with Crippen molar-refractivity contribution >= 4 is 27.6 Å². The lowest BCUT2D eigenvalue weighted by Crippen LogP contribution is -2.30. The van der Waals surface area contributed by atoms with E-state index in [-0.39, 0.29) is 6.03 Å². The number of halogens is 1. The van der Waals surface area contributed by atoms with Crippen LogP contribution >= 0.6 is 15.9 Å². The highest BCUT2D eigenvalue weighted by atomic mass is 79.9. The van der Waals surface area contributed by atoms with Crippen LogP contribution in [0.3, 0.4) is 0 Å². The first kappa shape index (κ1) is 10.5. The van der Waals surface area contributed by atoms with E-state index in [0.29, 0.717) is 6.04 Å². The summed E-state index contributed by atoms with van der Waals surface area (Å²) in [5, 5.41) is 5.73. The maximum absolute atomic E-state index is 11.5. The van der Waals surface area contributed by atoms with Crippen molar-refractivity contribution in [1.29, 1.82) is 0 Å². The molecule has 0 bridgehead atoms. The van der Waals surface area contributed by atoms with Gasteiger partial charge in [0, 0.05) is 16.2 Å². The normalized spacial score (nSPS) is 14.8. The van der Waals surface area contributed by atoms with E-state index >= 15 is 0 Å². The molecular formula is C11H13BrN2O. The Hall–Kier alpha value is -1.03. The second kappa shape index (κ2) is 4.23. The fraction of sp³-hybridized carbons (Fsp3) is 0.364. The van der Waals surface area contributed by atoms with Crippen LogP contribution in [0.25, 0.3) is 0 Å². The second-order valence-electron chi connectivity index (χ2n) is 3.83. The third-order valence-corrected chi connectivity index (χ3v) is 2.85. The van der Waals surface area contributed by atoms with Gasteiger partial charge < -0.3 is 10.6 Å². The van der Waals surface area contributed by atoms with Crippen LogP contribution in [0, 0.1) is 6.92 Å². The Labute approximate surface area is 97.4 Å². The Bertz CT molecular complexity index is 388. The number of aryl methyl sites for hydroxylation is 1. The molecule has 80 valence electrons.